The lowest BCUT2D eigenvalue weighted by Crippen LogP contribution is -2.14. The number of sulfone groups is 1. The molecule has 2 rings (SSSR count). The quantitative estimate of drug-likeness (QED) is 0.829. The van der Waals surface area contributed by atoms with Gasteiger partial charge in [0.25, 0.3) is 0 Å². The van der Waals surface area contributed by atoms with Gasteiger partial charge < -0.3 is 4.42 Å². The Morgan fingerprint density at radius 3 is 2.55 bits per heavy atom. The molecule has 0 N–H and O–H groups in total. The molecule has 5 nitrogen and oxygen atoms in total. The molecule has 1 atom stereocenters. The molecule has 0 aromatic carbocycles. The van der Waals surface area contributed by atoms with Gasteiger partial charge in [-0.25, -0.2) is 18.4 Å². The van der Waals surface area contributed by atoms with Crippen LogP contribution in [0.15, 0.2) is 16.0 Å². The second kappa shape index (κ2) is 6.12. The van der Waals surface area contributed by atoms with Crippen LogP contribution in [-0.4, -0.2) is 18.4 Å². The van der Waals surface area contributed by atoms with Gasteiger partial charge in [-0.05, 0) is 13.3 Å². The van der Waals surface area contributed by atoms with Crippen LogP contribution in [-0.2, 0) is 27.4 Å². The van der Waals surface area contributed by atoms with E-state index in [9.17, 15) is 8.42 Å². The molecule has 2 heterocycles. The first kappa shape index (κ1) is 17.1. The number of rotatable bonds is 5. The van der Waals surface area contributed by atoms with Crippen molar-refractivity contribution in [2.45, 2.75) is 57.5 Å². The van der Waals surface area contributed by atoms with E-state index >= 15 is 0 Å². The molecule has 122 valence electrons. The van der Waals surface area contributed by atoms with E-state index in [0.29, 0.717) is 11.5 Å². The average Bonchev–Trinajstić information content (AvgIpc) is 3.04. The van der Waals surface area contributed by atoms with Gasteiger partial charge in [-0.1, -0.05) is 27.7 Å². The maximum Gasteiger partial charge on any atom is 0.212 e. The Morgan fingerprint density at radius 2 is 2.05 bits per heavy atom. The largest absolute Gasteiger partial charge is 0.444 e. The highest BCUT2D eigenvalue weighted by Crippen LogP contribution is 2.29. The molecule has 2 aromatic rings. The first-order valence-electron chi connectivity index (χ1n) is 7.24. The zero-order valence-electron chi connectivity index (χ0n) is 13.6. The second-order valence-corrected chi connectivity index (χ2v) is 9.61. The summed E-state index contributed by atoms with van der Waals surface area (Å²) in [7, 11) is -3.41. The summed E-state index contributed by atoms with van der Waals surface area (Å²) < 4.78 is 30.7. The summed E-state index contributed by atoms with van der Waals surface area (Å²) in [5, 5.41) is 1.97. The molecule has 0 saturated carbocycles. The second-order valence-electron chi connectivity index (χ2n) is 6.35. The fourth-order valence-corrected chi connectivity index (χ4v) is 3.96. The van der Waals surface area contributed by atoms with Crippen molar-refractivity contribution in [1.82, 2.24) is 9.97 Å². The Bertz CT molecular complexity index is 739. The van der Waals surface area contributed by atoms with E-state index in [1.807, 2.05) is 27.7 Å². The molecule has 0 fully saturated rings. The van der Waals surface area contributed by atoms with Crippen LogP contribution in [0.1, 0.15) is 62.2 Å². The standard InChI is InChI=1S/C15H22N2O3S2/c1-6-13-17-11(8-21-13)9-22(18,19)10(2)14-16-7-12(20-14)15(3,4)5/h7-8,10H,6,9H2,1-5H3. The normalized spacial score (nSPS) is 14.2. The van der Waals surface area contributed by atoms with Crippen LogP contribution >= 0.6 is 11.3 Å². The van der Waals surface area contributed by atoms with Crippen molar-refractivity contribution < 1.29 is 12.8 Å². The maximum absolute atomic E-state index is 12.5. The molecule has 0 aliphatic heterocycles. The highest BCUT2D eigenvalue weighted by atomic mass is 32.2. The van der Waals surface area contributed by atoms with Crippen LogP contribution in [0.25, 0.3) is 0 Å². The van der Waals surface area contributed by atoms with Crippen molar-refractivity contribution >= 4 is 21.2 Å². The van der Waals surface area contributed by atoms with Crippen molar-refractivity contribution in [2.75, 3.05) is 0 Å². The van der Waals surface area contributed by atoms with Gasteiger partial charge in [0.2, 0.25) is 5.89 Å². The van der Waals surface area contributed by atoms with Crippen LogP contribution in [0.4, 0.5) is 0 Å². The minimum absolute atomic E-state index is 0.0854. The van der Waals surface area contributed by atoms with Crippen LogP contribution in [0, 0.1) is 0 Å². The van der Waals surface area contributed by atoms with Crippen molar-refractivity contribution in [2.24, 2.45) is 0 Å². The number of hydrogen-bond donors (Lipinski definition) is 0. The van der Waals surface area contributed by atoms with Gasteiger partial charge in [0.15, 0.2) is 9.84 Å². The lowest BCUT2D eigenvalue weighted by Gasteiger charge is -2.14. The monoisotopic (exact) mass is 342 g/mol. The molecule has 0 spiro atoms. The number of nitrogens with zero attached hydrogens (tertiary/aromatic N) is 2. The molecule has 0 saturated heterocycles. The highest BCUT2D eigenvalue weighted by Gasteiger charge is 2.30. The fourth-order valence-electron chi connectivity index (χ4n) is 1.88. The van der Waals surface area contributed by atoms with Gasteiger partial charge in [0.05, 0.1) is 22.7 Å². The number of aryl methyl sites for hydroxylation is 1. The van der Waals surface area contributed by atoms with Gasteiger partial charge >= 0.3 is 0 Å². The van der Waals surface area contributed by atoms with Crippen LogP contribution < -0.4 is 0 Å². The van der Waals surface area contributed by atoms with Gasteiger partial charge in [-0.3, -0.25) is 0 Å². The third-order valence-corrected chi connectivity index (χ3v) is 6.42. The molecule has 0 aliphatic rings. The predicted octanol–water partition coefficient (Wildman–Crippen LogP) is 3.67. The molecule has 2 aromatic heterocycles. The van der Waals surface area contributed by atoms with Gasteiger partial charge in [-0.2, -0.15) is 0 Å². The van der Waals surface area contributed by atoms with Gasteiger partial charge in [0.1, 0.15) is 11.0 Å². The third kappa shape index (κ3) is 3.76. The van der Waals surface area contributed by atoms with Crippen LogP contribution in [0.2, 0.25) is 0 Å². The van der Waals surface area contributed by atoms with Crippen molar-refractivity contribution in [1.29, 1.82) is 0 Å². The summed E-state index contributed by atoms with van der Waals surface area (Å²) in [6, 6.07) is 0. The van der Waals surface area contributed by atoms with E-state index in [1.165, 1.54) is 11.3 Å². The Hall–Kier alpha value is -1.21. The first-order chi connectivity index (χ1) is 10.1. The van der Waals surface area contributed by atoms with E-state index in [4.69, 9.17) is 4.42 Å². The highest BCUT2D eigenvalue weighted by molar-refractivity contribution is 7.90. The zero-order valence-corrected chi connectivity index (χ0v) is 15.2. The smallest absolute Gasteiger partial charge is 0.212 e. The number of hydrogen-bond acceptors (Lipinski definition) is 6. The molecule has 22 heavy (non-hydrogen) atoms. The molecular weight excluding hydrogens is 320 g/mol. The Balaban J connectivity index is 2.19. The number of aromatic nitrogens is 2. The summed E-state index contributed by atoms with van der Waals surface area (Å²) in [6.45, 7) is 9.61. The summed E-state index contributed by atoms with van der Waals surface area (Å²) in [5.41, 5.74) is 0.399. The summed E-state index contributed by atoms with van der Waals surface area (Å²) >= 11 is 1.49. The number of thiazole rings is 1. The van der Waals surface area contributed by atoms with Crippen molar-refractivity contribution in [3.8, 4) is 0 Å². The van der Waals surface area contributed by atoms with Gasteiger partial charge in [0, 0.05) is 10.8 Å². The SMILES string of the molecule is CCc1nc(CS(=O)(=O)C(C)c2ncc(C(C)(C)C)o2)cs1. The summed E-state index contributed by atoms with van der Waals surface area (Å²) in [5.74, 6) is 0.847. The van der Waals surface area contributed by atoms with Gasteiger partial charge in [-0.15, -0.1) is 11.3 Å². The maximum atomic E-state index is 12.5. The first-order valence-corrected chi connectivity index (χ1v) is 9.84. The predicted molar refractivity (Wildman–Crippen MR) is 87.7 cm³/mol. The Kier molecular flexibility index (Phi) is 4.77. The van der Waals surface area contributed by atoms with Crippen molar-refractivity contribution in [3.05, 3.63) is 33.9 Å². The fraction of sp³-hybridized carbons (Fsp3) is 0.600. The molecule has 1 unspecified atom stereocenters. The minimum Gasteiger partial charge on any atom is -0.444 e. The lowest BCUT2D eigenvalue weighted by molar-refractivity contribution is 0.380. The summed E-state index contributed by atoms with van der Waals surface area (Å²) in [6.07, 6.45) is 2.42. The van der Waals surface area contributed by atoms with Crippen molar-refractivity contribution in [3.63, 3.8) is 0 Å². The molecule has 7 heteroatoms. The molecular formula is C15H22N2O3S2. The summed E-state index contributed by atoms with van der Waals surface area (Å²) in [4.78, 5) is 8.47. The van der Waals surface area contributed by atoms with E-state index in [2.05, 4.69) is 9.97 Å². The molecule has 0 bridgehead atoms. The van der Waals surface area contributed by atoms with E-state index in [0.717, 1.165) is 11.4 Å². The van der Waals surface area contributed by atoms with Crippen LogP contribution in [0.3, 0.4) is 0 Å². The zero-order chi connectivity index (χ0) is 16.5. The number of oxazole rings is 1. The molecule has 0 radical (unpaired) electrons. The minimum atomic E-state index is -3.41. The third-order valence-electron chi connectivity index (χ3n) is 3.40. The molecule has 0 aliphatic carbocycles. The average molecular weight is 342 g/mol. The van der Waals surface area contributed by atoms with E-state index in [1.54, 1.807) is 18.5 Å². The topological polar surface area (TPSA) is 73.1 Å². The lowest BCUT2D eigenvalue weighted by atomic mass is 9.94. The van der Waals surface area contributed by atoms with Crippen LogP contribution in [0.5, 0.6) is 0 Å². The Morgan fingerprint density at radius 1 is 1.36 bits per heavy atom. The van der Waals surface area contributed by atoms with E-state index < -0.39 is 15.1 Å². The van der Waals surface area contributed by atoms with E-state index in [-0.39, 0.29) is 17.1 Å². The Labute approximate surface area is 135 Å². The molecule has 0 amide bonds.